The Morgan fingerprint density at radius 3 is 2.74 bits per heavy atom. The molecule has 1 aromatic carbocycles. The van der Waals surface area contributed by atoms with Gasteiger partial charge in [0.05, 0.1) is 17.5 Å². The molecule has 0 bridgehead atoms. The first-order valence-corrected chi connectivity index (χ1v) is 11.1. The van der Waals surface area contributed by atoms with Gasteiger partial charge in [0.15, 0.2) is 15.0 Å². The highest BCUT2D eigenvalue weighted by molar-refractivity contribution is 8.16. The lowest BCUT2D eigenvalue weighted by atomic mass is 10.1. The third kappa shape index (κ3) is 4.49. The van der Waals surface area contributed by atoms with E-state index in [9.17, 15) is 22.4 Å². The third-order valence-corrected chi connectivity index (χ3v) is 7.71. The van der Waals surface area contributed by atoms with Gasteiger partial charge in [-0.15, -0.1) is 0 Å². The minimum Gasteiger partial charge on any atom is -0.481 e. The zero-order chi connectivity index (χ0) is 19.8. The van der Waals surface area contributed by atoms with Crippen molar-refractivity contribution in [2.75, 3.05) is 16.4 Å². The number of amidine groups is 1. The predicted octanol–water partition coefficient (Wildman–Crippen LogP) is 1.99. The van der Waals surface area contributed by atoms with Crippen molar-refractivity contribution in [2.45, 2.75) is 37.5 Å². The first kappa shape index (κ1) is 19.8. The zero-order valence-electron chi connectivity index (χ0n) is 14.6. The standard InChI is InChI=1S/C17H19FN2O5S2/c1-10-5-6-11(7-12(10)18)20-13-8-27(24,25)9-14(13)26-17(20)19-15(21)3-2-4-16(22)23/h5-7,13-14H,2-4,8-9H2,1H3,(H,22,23)/t13-,14-/m1/s1. The molecule has 0 aliphatic carbocycles. The number of anilines is 1. The summed E-state index contributed by atoms with van der Waals surface area (Å²) >= 11 is 1.20. The molecule has 0 aromatic heterocycles. The number of hydrogen-bond donors (Lipinski definition) is 1. The lowest BCUT2D eigenvalue weighted by Crippen LogP contribution is -2.37. The van der Waals surface area contributed by atoms with Gasteiger partial charge in [-0.25, -0.2) is 12.8 Å². The SMILES string of the molecule is Cc1ccc(N2C(=NC(=O)CCCC(=O)O)S[C@@H]3CS(=O)(=O)C[C@H]32)cc1F. The summed E-state index contributed by atoms with van der Waals surface area (Å²) in [5, 5.41) is 8.72. The molecule has 2 aliphatic rings. The summed E-state index contributed by atoms with van der Waals surface area (Å²) in [6, 6.07) is 4.18. The molecule has 1 N–H and O–H groups in total. The maximum absolute atomic E-state index is 14.0. The second-order valence-electron chi connectivity index (χ2n) is 6.64. The van der Waals surface area contributed by atoms with E-state index in [1.165, 1.54) is 17.8 Å². The van der Waals surface area contributed by atoms with E-state index in [-0.39, 0.29) is 36.0 Å². The number of aryl methyl sites for hydroxylation is 1. The molecule has 1 amide bonds. The van der Waals surface area contributed by atoms with Crippen LogP contribution in [-0.2, 0) is 19.4 Å². The highest BCUT2D eigenvalue weighted by Gasteiger charge is 2.49. The zero-order valence-corrected chi connectivity index (χ0v) is 16.2. The number of carboxylic acids is 1. The van der Waals surface area contributed by atoms with E-state index < -0.39 is 33.6 Å². The summed E-state index contributed by atoms with van der Waals surface area (Å²) in [5.74, 6) is -1.97. The van der Waals surface area contributed by atoms with Gasteiger partial charge >= 0.3 is 5.97 Å². The van der Waals surface area contributed by atoms with Crippen molar-refractivity contribution in [1.82, 2.24) is 0 Å². The van der Waals surface area contributed by atoms with Crippen molar-refractivity contribution < 1.29 is 27.5 Å². The number of aliphatic imine (C=N–C) groups is 1. The number of carbonyl (C=O) groups excluding carboxylic acids is 1. The number of sulfone groups is 1. The molecule has 0 saturated carbocycles. The quantitative estimate of drug-likeness (QED) is 0.786. The Kier molecular flexibility index (Phi) is 5.57. The average molecular weight is 414 g/mol. The molecular weight excluding hydrogens is 395 g/mol. The van der Waals surface area contributed by atoms with Crippen LogP contribution in [-0.4, -0.2) is 53.4 Å². The summed E-state index contributed by atoms with van der Waals surface area (Å²) in [6.07, 6.45) is 0.0379. The van der Waals surface area contributed by atoms with Crippen molar-refractivity contribution in [1.29, 1.82) is 0 Å². The summed E-state index contributed by atoms with van der Waals surface area (Å²) < 4.78 is 38.0. The van der Waals surface area contributed by atoms with Crippen molar-refractivity contribution in [3.05, 3.63) is 29.6 Å². The Hall–Kier alpha value is -1.94. The fourth-order valence-corrected chi connectivity index (χ4v) is 7.08. The number of carbonyl (C=O) groups is 2. The van der Waals surface area contributed by atoms with Crippen LogP contribution in [0.15, 0.2) is 23.2 Å². The number of nitrogens with zero attached hydrogens (tertiary/aromatic N) is 2. The number of hydrogen-bond acceptors (Lipinski definition) is 5. The lowest BCUT2D eigenvalue weighted by Gasteiger charge is -2.24. The number of rotatable bonds is 5. The molecule has 2 aliphatic heterocycles. The Morgan fingerprint density at radius 2 is 2.07 bits per heavy atom. The molecule has 2 fully saturated rings. The van der Waals surface area contributed by atoms with E-state index in [1.807, 2.05) is 0 Å². The summed E-state index contributed by atoms with van der Waals surface area (Å²) in [6.45, 7) is 1.63. The highest BCUT2D eigenvalue weighted by atomic mass is 32.2. The highest BCUT2D eigenvalue weighted by Crippen LogP contribution is 2.41. The number of thioether (sulfide) groups is 1. The van der Waals surface area contributed by atoms with Crippen LogP contribution < -0.4 is 4.90 Å². The van der Waals surface area contributed by atoms with E-state index in [4.69, 9.17) is 5.11 Å². The van der Waals surface area contributed by atoms with Crippen molar-refractivity contribution in [3.8, 4) is 0 Å². The third-order valence-electron chi connectivity index (χ3n) is 4.50. The molecule has 0 unspecified atom stereocenters. The number of carboxylic acid groups (broad SMARTS) is 1. The Balaban J connectivity index is 1.88. The first-order chi connectivity index (χ1) is 12.7. The molecule has 2 atom stereocenters. The Bertz CT molecular complexity index is 916. The van der Waals surface area contributed by atoms with E-state index in [0.717, 1.165) is 0 Å². The summed E-state index contributed by atoms with van der Waals surface area (Å²) in [4.78, 5) is 28.4. The maximum atomic E-state index is 14.0. The second kappa shape index (κ2) is 7.59. The van der Waals surface area contributed by atoms with Crippen LogP contribution in [0.5, 0.6) is 0 Å². The monoisotopic (exact) mass is 414 g/mol. The topological polar surface area (TPSA) is 104 Å². The predicted molar refractivity (Wildman–Crippen MR) is 101 cm³/mol. The number of halogens is 1. The van der Waals surface area contributed by atoms with E-state index in [1.54, 1.807) is 24.0 Å². The number of fused-ring (bicyclic) bond motifs is 1. The number of amides is 1. The molecule has 27 heavy (non-hydrogen) atoms. The number of benzene rings is 1. The van der Waals surface area contributed by atoms with Gasteiger partial charge in [-0.2, -0.15) is 4.99 Å². The minimum atomic E-state index is -3.20. The van der Waals surface area contributed by atoms with Gasteiger partial charge in [-0.3, -0.25) is 9.59 Å². The van der Waals surface area contributed by atoms with E-state index >= 15 is 0 Å². The van der Waals surface area contributed by atoms with Crippen molar-refractivity contribution in [2.24, 2.45) is 4.99 Å². The van der Waals surface area contributed by atoms with Crippen LogP contribution >= 0.6 is 11.8 Å². The van der Waals surface area contributed by atoms with Gasteiger partial charge in [0.1, 0.15) is 5.82 Å². The molecule has 0 spiro atoms. The maximum Gasteiger partial charge on any atom is 0.303 e. The lowest BCUT2D eigenvalue weighted by molar-refractivity contribution is -0.137. The molecule has 2 heterocycles. The van der Waals surface area contributed by atoms with Crippen LogP contribution in [0.2, 0.25) is 0 Å². The van der Waals surface area contributed by atoms with E-state index in [0.29, 0.717) is 16.4 Å². The normalized spacial score (nSPS) is 25.0. The molecule has 2 saturated heterocycles. The van der Waals surface area contributed by atoms with Gasteiger partial charge in [-0.05, 0) is 31.0 Å². The Labute approximate surface area is 160 Å². The molecule has 3 rings (SSSR count). The van der Waals surface area contributed by atoms with Gasteiger partial charge in [-0.1, -0.05) is 17.8 Å². The summed E-state index contributed by atoms with van der Waals surface area (Å²) in [5.41, 5.74) is 0.914. The smallest absolute Gasteiger partial charge is 0.303 e. The van der Waals surface area contributed by atoms with Crippen LogP contribution in [0.25, 0.3) is 0 Å². The van der Waals surface area contributed by atoms with Crippen LogP contribution in [0, 0.1) is 12.7 Å². The molecule has 146 valence electrons. The fraction of sp³-hybridized carbons (Fsp3) is 0.471. The van der Waals surface area contributed by atoms with Gasteiger partial charge in [0.25, 0.3) is 0 Å². The van der Waals surface area contributed by atoms with Gasteiger partial charge < -0.3 is 10.0 Å². The number of aliphatic carboxylic acids is 1. The Morgan fingerprint density at radius 1 is 1.33 bits per heavy atom. The molecule has 1 aromatic rings. The van der Waals surface area contributed by atoms with Gasteiger partial charge in [0.2, 0.25) is 5.91 Å². The van der Waals surface area contributed by atoms with Crippen molar-refractivity contribution in [3.63, 3.8) is 0 Å². The molecular formula is C17H19FN2O5S2. The average Bonchev–Trinajstić information content (AvgIpc) is 3.00. The molecule has 0 radical (unpaired) electrons. The minimum absolute atomic E-state index is 0.0138. The first-order valence-electron chi connectivity index (χ1n) is 8.42. The second-order valence-corrected chi connectivity index (χ2v) is 10.00. The molecule has 7 nitrogen and oxygen atoms in total. The van der Waals surface area contributed by atoms with Gasteiger partial charge in [0, 0.05) is 23.8 Å². The fourth-order valence-electron chi connectivity index (χ4n) is 3.15. The van der Waals surface area contributed by atoms with Crippen molar-refractivity contribution >= 4 is 44.3 Å². The van der Waals surface area contributed by atoms with Crippen LogP contribution in [0.3, 0.4) is 0 Å². The summed E-state index contributed by atoms with van der Waals surface area (Å²) in [7, 11) is -3.20. The van der Waals surface area contributed by atoms with Crippen LogP contribution in [0.1, 0.15) is 24.8 Å². The molecule has 10 heteroatoms. The van der Waals surface area contributed by atoms with Crippen LogP contribution in [0.4, 0.5) is 10.1 Å². The largest absolute Gasteiger partial charge is 0.481 e. The van der Waals surface area contributed by atoms with E-state index in [2.05, 4.69) is 4.99 Å².